The molecule has 0 amide bonds. The smallest absolute Gasteiger partial charge is 0.304 e. The number of nitriles is 1. The van der Waals surface area contributed by atoms with Crippen LogP contribution < -0.4 is 0 Å². The lowest BCUT2D eigenvalue weighted by Crippen LogP contribution is -2.05. The van der Waals surface area contributed by atoms with Crippen molar-refractivity contribution in [2.45, 2.75) is 23.5 Å². The number of hydrogen-bond acceptors (Lipinski definition) is 3. The fourth-order valence-corrected chi connectivity index (χ4v) is 2.46. The molecule has 84 valence electrons. The highest BCUT2D eigenvalue weighted by molar-refractivity contribution is 8.00. The molecule has 0 aromatic heterocycles. The van der Waals surface area contributed by atoms with E-state index in [2.05, 4.69) is 0 Å². The van der Waals surface area contributed by atoms with Crippen molar-refractivity contribution in [2.24, 2.45) is 0 Å². The number of rotatable bonds is 4. The molecule has 0 radical (unpaired) electrons. The molecule has 1 rings (SSSR count). The minimum atomic E-state index is -0.829. The van der Waals surface area contributed by atoms with E-state index in [0.29, 0.717) is 10.6 Å². The third-order valence-electron chi connectivity index (χ3n) is 1.85. The minimum absolute atomic E-state index is 0.0528. The highest BCUT2D eigenvalue weighted by Gasteiger charge is 2.11. The molecule has 1 atom stereocenters. The number of halogens is 1. The van der Waals surface area contributed by atoms with Crippen LogP contribution >= 0.6 is 23.4 Å². The standard InChI is InChI=1S/C11H10ClNO2S/c1-7(4-11(14)15)16-10-3-2-8(6-13)5-9(10)12/h2-3,5,7H,4H2,1H3,(H,14,15). The number of carboxylic acid groups (broad SMARTS) is 1. The van der Waals surface area contributed by atoms with Crippen LogP contribution in [0.1, 0.15) is 18.9 Å². The summed E-state index contributed by atoms with van der Waals surface area (Å²) in [4.78, 5) is 11.3. The molecule has 0 fully saturated rings. The lowest BCUT2D eigenvalue weighted by Gasteiger charge is -2.09. The molecule has 3 nitrogen and oxygen atoms in total. The van der Waals surface area contributed by atoms with E-state index in [-0.39, 0.29) is 11.7 Å². The van der Waals surface area contributed by atoms with Crippen LogP contribution in [-0.4, -0.2) is 16.3 Å². The Hall–Kier alpha value is -1.18. The van der Waals surface area contributed by atoms with Crippen LogP contribution in [0.2, 0.25) is 5.02 Å². The first-order chi connectivity index (χ1) is 7.52. The Morgan fingerprint density at radius 1 is 1.69 bits per heavy atom. The lowest BCUT2D eigenvalue weighted by molar-refractivity contribution is -0.136. The van der Waals surface area contributed by atoms with Gasteiger partial charge in [0.15, 0.2) is 0 Å². The molecule has 16 heavy (non-hydrogen) atoms. The molecule has 0 bridgehead atoms. The molecule has 0 aliphatic rings. The van der Waals surface area contributed by atoms with E-state index in [4.69, 9.17) is 22.0 Å². The number of carbonyl (C=O) groups is 1. The Morgan fingerprint density at radius 2 is 2.38 bits per heavy atom. The zero-order chi connectivity index (χ0) is 12.1. The highest BCUT2D eigenvalue weighted by Crippen LogP contribution is 2.32. The normalized spacial score (nSPS) is 11.8. The molecular weight excluding hydrogens is 246 g/mol. The number of carboxylic acids is 1. The van der Waals surface area contributed by atoms with Gasteiger partial charge in [0.2, 0.25) is 0 Å². The number of aliphatic carboxylic acids is 1. The summed E-state index contributed by atoms with van der Waals surface area (Å²) in [5, 5.41) is 17.7. The van der Waals surface area contributed by atoms with Crippen molar-refractivity contribution in [3.05, 3.63) is 28.8 Å². The van der Waals surface area contributed by atoms with E-state index >= 15 is 0 Å². The Bertz CT molecular complexity index is 442. The Balaban J connectivity index is 2.75. The van der Waals surface area contributed by atoms with Crippen LogP contribution in [0.15, 0.2) is 23.1 Å². The van der Waals surface area contributed by atoms with Crippen molar-refractivity contribution in [2.75, 3.05) is 0 Å². The van der Waals surface area contributed by atoms with E-state index in [1.807, 2.05) is 13.0 Å². The van der Waals surface area contributed by atoms with Gasteiger partial charge < -0.3 is 5.11 Å². The van der Waals surface area contributed by atoms with Crippen molar-refractivity contribution in [3.8, 4) is 6.07 Å². The first kappa shape index (κ1) is 12.9. The third kappa shape index (κ3) is 3.76. The predicted molar refractivity (Wildman–Crippen MR) is 63.7 cm³/mol. The van der Waals surface area contributed by atoms with E-state index in [0.717, 1.165) is 4.90 Å². The molecule has 1 aromatic carbocycles. The molecule has 0 spiro atoms. The van der Waals surface area contributed by atoms with Gasteiger partial charge in [0.25, 0.3) is 0 Å². The topological polar surface area (TPSA) is 61.1 Å². The van der Waals surface area contributed by atoms with Gasteiger partial charge in [0, 0.05) is 10.1 Å². The summed E-state index contributed by atoms with van der Waals surface area (Å²) in [6, 6.07) is 6.98. The Morgan fingerprint density at radius 3 is 2.88 bits per heavy atom. The largest absolute Gasteiger partial charge is 0.481 e. The summed E-state index contributed by atoms with van der Waals surface area (Å²) in [5.41, 5.74) is 0.500. The average molecular weight is 256 g/mol. The number of thioether (sulfide) groups is 1. The molecule has 0 aliphatic carbocycles. The fraction of sp³-hybridized carbons (Fsp3) is 0.273. The van der Waals surface area contributed by atoms with Crippen molar-refractivity contribution < 1.29 is 9.90 Å². The van der Waals surface area contributed by atoms with Gasteiger partial charge in [-0.25, -0.2) is 0 Å². The molecule has 5 heteroatoms. The van der Waals surface area contributed by atoms with Gasteiger partial charge in [0.1, 0.15) is 0 Å². The van der Waals surface area contributed by atoms with Gasteiger partial charge >= 0.3 is 5.97 Å². The quantitative estimate of drug-likeness (QED) is 0.840. The molecule has 1 unspecified atom stereocenters. The summed E-state index contributed by atoms with van der Waals surface area (Å²) in [5.74, 6) is -0.829. The van der Waals surface area contributed by atoms with Crippen LogP contribution in [0, 0.1) is 11.3 Å². The molecule has 0 aliphatic heterocycles. The zero-order valence-electron chi connectivity index (χ0n) is 8.61. The number of benzene rings is 1. The first-order valence-electron chi connectivity index (χ1n) is 4.61. The van der Waals surface area contributed by atoms with Gasteiger partial charge in [-0.1, -0.05) is 18.5 Å². The third-order valence-corrected chi connectivity index (χ3v) is 3.45. The molecule has 1 aromatic rings. The lowest BCUT2D eigenvalue weighted by atomic mass is 10.2. The van der Waals surface area contributed by atoms with Gasteiger partial charge in [-0.2, -0.15) is 5.26 Å². The highest BCUT2D eigenvalue weighted by atomic mass is 35.5. The zero-order valence-corrected chi connectivity index (χ0v) is 10.2. The van der Waals surface area contributed by atoms with Crippen LogP contribution in [0.5, 0.6) is 0 Å². The van der Waals surface area contributed by atoms with Crippen molar-refractivity contribution >= 4 is 29.3 Å². The van der Waals surface area contributed by atoms with Gasteiger partial charge in [-0.15, -0.1) is 11.8 Å². The van der Waals surface area contributed by atoms with E-state index in [9.17, 15) is 4.79 Å². The van der Waals surface area contributed by atoms with Gasteiger partial charge in [-0.05, 0) is 18.2 Å². The molecule has 0 heterocycles. The second kappa shape index (κ2) is 5.78. The summed E-state index contributed by atoms with van der Waals surface area (Å²) in [6.07, 6.45) is 0.0843. The fourth-order valence-electron chi connectivity index (χ4n) is 1.17. The van der Waals surface area contributed by atoms with Crippen LogP contribution in [0.3, 0.4) is 0 Å². The second-order valence-corrected chi connectivity index (χ2v) is 5.17. The van der Waals surface area contributed by atoms with Crippen LogP contribution in [0.25, 0.3) is 0 Å². The van der Waals surface area contributed by atoms with Gasteiger partial charge in [0.05, 0.1) is 23.1 Å². The Kier molecular flexibility index (Phi) is 4.66. The molecule has 0 saturated heterocycles. The first-order valence-corrected chi connectivity index (χ1v) is 5.86. The van der Waals surface area contributed by atoms with Crippen LogP contribution in [0.4, 0.5) is 0 Å². The summed E-state index contributed by atoms with van der Waals surface area (Å²) in [7, 11) is 0. The maximum Gasteiger partial charge on any atom is 0.304 e. The van der Waals surface area contributed by atoms with Crippen LogP contribution in [-0.2, 0) is 4.79 Å². The average Bonchev–Trinajstić information content (AvgIpc) is 2.19. The summed E-state index contributed by atoms with van der Waals surface area (Å²) < 4.78 is 0. The number of nitrogens with zero attached hydrogens (tertiary/aromatic N) is 1. The molecule has 0 saturated carbocycles. The van der Waals surface area contributed by atoms with E-state index < -0.39 is 5.97 Å². The van der Waals surface area contributed by atoms with Crippen molar-refractivity contribution in [3.63, 3.8) is 0 Å². The minimum Gasteiger partial charge on any atom is -0.481 e. The van der Waals surface area contributed by atoms with Crippen molar-refractivity contribution in [1.82, 2.24) is 0 Å². The number of hydrogen-bond donors (Lipinski definition) is 1. The van der Waals surface area contributed by atoms with E-state index in [1.54, 1.807) is 18.2 Å². The summed E-state index contributed by atoms with van der Waals surface area (Å²) in [6.45, 7) is 1.83. The maximum absolute atomic E-state index is 10.5. The van der Waals surface area contributed by atoms with Crippen molar-refractivity contribution in [1.29, 1.82) is 5.26 Å². The Labute approximate surface area is 103 Å². The maximum atomic E-state index is 10.5. The second-order valence-electron chi connectivity index (χ2n) is 3.28. The van der Waals surface area contributed by atoms with E-state index in [1.165, 1.54) is 11.8 Å². The summed E-state index contributed by atoms with van der Waals surface area (Å²) >= 11 is 7.36. The SMILES string of the molecule is CC(CC(=O)O)Sc1ccc(C#N)cc1Cl. The monoisotopic (exact) mass is 255 g/mol. The van der Waals surface area contributed by atoms with Gasteiger partial charge in [-0.3, -0.25) is 4.79 Å². The molecule has 1 N–H and O–H groups in total. The predicted octanol–water partition coefficient (Wildman–Crippen LogP) is 3.17. The molecular formula is C11H10ClNO2S.